The van der Waals surface area contributed by atoms with Crippen LogP contribution in [0.3, 0.4) is 0 Å². The fourth-order valence-electron chi connectivity index (χ4n) is 1.97. The van der Waals surface area contributed by atoms with E-state index in [2.05, 4.69) is 0 Å². The van der Waals surface area contributed by atoms with Crippen LogP contribution in [-0.2, 0) is 4.79 Å². The molecular formula is C13H16N2O5. The highest BCUT2D eigenvalue weighted by Crippen LogP contribution is 2.24. The van der Waals surface area contributed by atoms with Gasteiger partial charge in [0.1, 0.15) is 0 Å². The van der Waals surface area contributed by atoms with E-state index in [1.165, 1.54) is 24.3 Å². The minimum absolute atomic E-state index is 0.00124. The Morgan fingerprint density at radius 1 is 1.30 bits per heavy atom. The maximum absolute atomic E-state index is 12.3. The van der Waals surface area contributed by atoms with Gasteiger partial charge in [0.25, 0.3) is 5.69 Å². The summed E-state index contributed by atoms with van der Waals surface area (Å²) in [7, 11) is 0. The number of nitrogens with zero attached hydrogens (tertiary/aromatic N) is 1. The van der Waals surface area contributed by atoms with Crippen LogP contribution in [0.15, 0.2) is 24.3 Å². The van der Waals surface area contributed by atoms with Crippen LogP contribution in [0.25, 0.3) is 0 Å². The fourth-order valence-corrected chi connectivity index (χ4v) is 1.97. The summed E-state index contributed by atoms with van der Waals surface area (Å²) in [6.07, 6.45) is 0.257. The third-order valence-corrected chi connectivity index (χ3v) is 2.96. The molecule has 0 amide bonds. The monoisotopic (exact) mass is 280 g/mol. The molecule has 7 heteroatoms. The number of carboxylic acids is 1. The van der Waals surface area contributed by atoms with Crippen LogP contribution in [-0.4, -0.2) is 28.3 Å². The maximum Gasteiger partial charge on any atom is 0.303 e. The van der Waals surface area contributed by atoms with Crippen molar-refractivity contribution in [3.63, 3.8) is 0 Å². The molecule has 1 aromatic carbocycles. The van der Waals surface area contributed by atoms with Crippen molar-refractivity contribution in [2.24, 2.45) is 11.7 Å². The molecule has 1 atom stereocenters. The molecule has 0 radical (unpaired) electrons. The van der Waals surface area contributed by atoms with E-state index >= 15 is 0 Å². The van der Waals surface area contributed by atoms with E-state index in [4.69, 9.17) is 10.8 Å². The number of rotatable bonds is 8. The summed E-state index contributed by atoms with van der Waals surface area (Å²) in [6.45, 7) is 0.219. The molecule has 20 heavy (non-hydrogen) atoms. The van der Waals surface area contributed by atoms with Crippen LogP contribution in [0.5, 0.6) is 0 Å². The number of hydrogen-bond acceptors (Lipinski definition) is 5. The van der Waals surface area contributed by atoms with Gasteiger partial charge in [-0.15, -0.1) is 0 Å². The Morgan fingerprint density at radius 3 is 2.50 bits per heavy atom. The Labute approximate surface area is 115 Å². The molecule has 0 aliphatic rings. The lowest BCUT2D eigenvalue weighted by Gasteiger charge is -2.13. The zero-order valence-corrected chi connectivity index (χ0v) is 10.8. The van der Waals surface area contributed by atoms with Gasteiger partial charge in [0.05, 0.1) is 10.5 Å². The minimum Gasteiger partial charge on any atom is -0.481 e. The molecule has 7 nitrogen and oxygen atoms in total. The number of aliphatic carboxylic acids is 1. The molecule has 108 valence electrons. The lowest BCUT2D eigenvalue weighted by Crippen LogP contribution is -2.20. The third-order valence-electron chi connectivity index (χ3n) is 2.96. The van der Waals surface area contributed by atoms with Gasteiger partial charge in [-0.25, -0.2) is 0 Å². The summed E-state index contributed by atoms with van der Waals surface area (Å²) in [5.74, 6) is -2.05. The number of nitro groups is 1. The number of benzene rings is 1. The molecule has 0 bridgehead atoms. The molecule has 0 aromatic heterocycles. The number of nitro benzene ring substituents is 1. The second-order valence-electron chi connectivity index (χ2n) is 4.35. The first-order valence-electron chi connectivity index (χ1n) is 6.16. The van der Waals surface area contributed by atoms with E-state index in [1.807, 2.05) is 0 Å². The van der Waals surface area contributed by atoms with E-state index < -0.39 is 22.6 Å². The van der Waals surface area contributed by atoms with Gasteiger partial charge in [-0.1, -0.05) is 12.1 Å². The lowest BCUT2D eigenvalue weighted by atomic mass is 9.90. The van der Waals surface area contributed by atoms with Crippen molar-refractivity contribution in [3.8, 4) is 0 Å². The largest absolute Gasteiger partial charge is 0.481 e. The highest BCUT2D eigenvalue weighted by atomic mass is 16.6. The number of carbonyl (C=O) groups excluding carboxylic acids is 1. The van der Waals surface area contributed by atoms with Crippen molar-refractivity contribution in [2.45, 2.75) is 19.3 Å². The molecule has 1 rings (SSSR count). The van der Waals surface area contributed by atoms with Crippen LogP contribution >= 0.6 is 0 Å². The third kappa shape index (κ3) is 4.13. The number of carbonyl (C=O) groups is 2. The molecule has 0 fully saturated rings. The van der Waals surface area contributed by atoms with E-state index in [0.29, 0.717) is 6.42 Å². The van der Waals surface area contributed by atoms with Crippen molar-refractivity contribution in [1.29, 1.82) is 0 Å². The Balaban J connectivity index is 2.99. The summed E-state index contributed by atoms with van der Waals surface area (Å²) < 4.78 is 0. The smallest absolute Gasteiger partial charge is 0.303 e. The first kappa shape index (κ1) is 15.8. The van der Waals surface area contributed by atoms with Crippen LogP contribution in [0.1, 0.15) is 29.6 Å². The predicted octanol–water partition coefficient (Wildman–Crippen LogP) is 1.61. The van der Waals surface area contributed by atoms with Crippen LogP contribution in [0.2, 0.25) is 0 Å². The Hall–Kier alpha value is -2.28. The highest BCUT2D eigenvalue weighted by Gasteiger charge is 2.26. The van der Waals surface area contributed by atoms with Gasteiger partial charge in [0.2, 0.25) is 0 Å². The first-order valence-corrected chi connectivity index (χ1v) is 6.16. The van der Waals surface area contributed by atoms with Gasteiger partial charge >= 0.3 is 5.97 Å². The molecule has 1 unspecified atom stereocenters. The quantitative estimate of drug-likeness (QED) is 0.423. The molecular weight excluding hydrogens is 264 g/mol. The summed E-state index contributed by atoms with van der Waals surface area (Å²) in [5.41, 5.74) is 5.15. The average molecular weight is 280 g/mol. The number of ketones is 1. The first-order chi connectivity index (χ1) is 9.47. The number of nitrogens with two attached hydrogens (primary N) is 1. The molecule has 0 aliphatic heterocycles. The van der Waals surface area contributed by atoms with Gasteiger partial charge in [-0.3, -0.25) is 19.7 Å². The standard InChI is InChI=1S/C13H16N2O5/c14-8-7-9(5-6-12(16)17)13(18)10-3-1-2-4-11(10)15(19)20/h1-4,9H,5-8,14H2,(H,16,17). The predicted molar refractivity (Wildman–Crippen MR) is 71.5 cm³/mol. The van der Waals surface area contributed by atoms with Crippen molar-refractivity contribution < 1.29 is 19.6 Å². The highest BCUT2D eigenvalue weighted by molar-refractivity contribution is 6.01. The molecule has 0 aliphatic carbocycles. The lowest BCUT2D eigenvalue weighted by molar-refractivity contribution is -0.385. The van der Waals surface area contributed by atoms with Crippen molar-refractivity contribution in [1.82, 2.24) is 0 Å². The Kier molecular flexibility index (Phi) is 5.79. The Morgan fingerprint density at radius 2 is 1.95 bits per heavy atom. The zero-order chi connectivity index (χ0) is 15.1. The molecule has 0 saturated heterocycles. The maximum atomic E-state index is 12.3. The molecule has 0 saturated carbocycles. The number of hydrogen-bond donors (Lipinski definition) is 2. The number of para-hydroxylation sites is 1. The van der Waals surface area contributed by atoms with Gasteiger partial charge in [0.15, 0.2) is 5.78 Å². The number of carboxylic acid groups (broad SMARTS) is 1. The summed E-state index contributed by atoms with van der Waals surface area (Å²) in [4.78, 5) is 33.2. The molecule has 0 spiro atoms. The normalized spacial score (nSPS) is 11.8. The molecule has 3 N–H and O–H groups in total. The summed E-state index contributed by atoms with van der Waals surface area (Å²) in [6, 6.07) is 5.65. The van der Waals surface area contributed by atoms with Crippen molar-refractivity contribution in [2.75, 3.05) is 6.54 Å². The average Bonchev–Trinajstić information content (AvgIpc) is 2.42. The Bertz CT molecular complexity index is 515. The molecule has 0 heterocycles. The van der Waals surface area contributed by atoms with E-state index in [1.54, 1.807) is 0 Å². The van der Waals surface area contributed by atoms with Crippen LogP contribution in [0.4, 0.5) is 5.69 Å². The molecule has 1 aromatic rings. The second-order valence-corrected chi connectivity index (χ2v) is 4.35. The SMILES string of the molecule is NCCC(CCC(=O)O)C(=O)c1ccccc1[N+](=O)[O-]. The second kappa shape index (κ2) is 7.34. The van der Waals surface area contributed by atoms with Crippen LogP contribution < -0.4 is 5.73 Å². The van der Waals surface area contributed by atoms with Gasteiger partial charge < -0.3 is 10.8 Å². The fraction of sp³-hybridized carbons (Fsp3) is 0.385. The van der Waals surface area contributed by atoms with Gasteiger partial charge in [-0.2, -0.15) is 0 Å². The van der Waals surface area contributed by atoms with Gasteiger partial charge in [-0.05, 0) is 25.5 Å². The minimum atomic E-state index is -1.01. The summed E-state index contributed by atoms with van der Waals surface area (Å²) >= 11 is 0. The van der Waals surface area contributed by atoms with Crippen LogP contribution in [0, 0.1) is 16.0 Å². The van der Waals surface area contributed by atoms with Crippen molar-refractivity contribution >= 4 is 17.4 Å². The number of Topliss-reactive ketones (excluding diaryl/α,β-unsaturated/α-hetero) is 1. The van der Waals surface area contributed by atoms with E-state index in [9.17, 15) is 19.7 Å². The van der Waals surface area contributed by atoms with E-state index in [-0.39, 0.29) is 30.6 Å². The van der Waals surface area contributed by atoms with E-state index in [0.717, 1.165) is 0 Å². The van der Waals surface area contributed by atoms with Crippen molar-refractivity contribution in [3.05, 3.63) is 39.9 Å². The zero-order valence-electron chi connectivity index (χ0n) is 10.8. The topological polar surface area (TPSA) is 124 Å². The van der Waals surface area contributed by atoms with Gasteiger partial charge in [0, 0.05) is 18.4 Å². The summed E-state index contributed by atoms with van der Waals surface area (Å²) in [5, 5.41) is 19.6.